The number of aromatic amines is 1. The molecule has 1 N–H and O–H groups in total. The molecule has 1 aliphatic rings. The normalized spacial score (nSPS) is 14.4. The van der Waals surface area contributed by atoms with Crippen molar-refractivity contribution >= 4 is 26.8 Å². The van der Waals surface area contributed by atoms with Gasteiger partial charge in [-0.1, -0.05) is 19.1 Å². The molecule has 47 heavy (non-hydrogen) atoms. The van der Waals surface area contributed by atoms with Gasteiger partial charge in [-0.3, -0.25) is 4.79 Å². The van der Waals surface area contributed by atoms with Crippen LogP contribution in [-0.4, -0.2) is 72.7 Å². The Balaban J connectivity index is 1.25. The summed E-state index contributed by atoms with van der Waals surface area (Å²) in [5, 5.41) is 0.709. The maximum Gasteiger partial charge on any atom is 0.410 e. The van der Waals surface area contributed by atoms with Gasteiger partial charge in [0.2, 0.25) is 0 Å². The molecule has 0 spiro atoms. The van der Waals surface area contributed by atoms with E-state index in [9.17, 15) is 18.0 Å². The van der Waals surface area contributed by atoms with Crippen LogP contribution in [0.1, 0.15) is 46.1 Å². The number of piperidine rings is 1. The number of hydrogen-bond acceptors (Lipinski definition) is 8. The largest absolute Gasteiger partial charge is 0.491 e. The number of ether oxygens (including phenoxy) is 4. The molecule has 0 aliphatic carbocycles. The fourth-order valence-electron chi connectivity index (χ4n) is 5.47. The summed E-state index contributed by atoms with van der Waals surface area (Å²) in [4.78, 5) is 29.8. The number of likely N-dealkylation sites (tertiary alicyclic amines) is 1. The number of aromatic nitrogens is 2. The van der Waals surface area contributed by atoms with Crippen LogP contribution in [0.4, 0.5) is 4.79 Å². The summed E-state index contributed by atoms with van der Waals surface area (Å²) in [7, 11) is -1.60. The van der Waals surface area contributed by atoms with Crippen LogP contribution in [0, 0.1) is 0 Å². The van der Waals surface area contributed by atoms with Crippen LogP contribution in [0.5, 0.6) is 17.2 Å². The molecule has 1 fully saturated rings. The first kappa shape index (κ1) is 34.1. The van der Waals surface area contributed by atoms with E-state index in [1.807, 2.05) is 51.1 Å². The lowest BCUT2D eigenvalue weighted by Gasteiger charge is -2.33. The summed E-state index contributed by atoms with van der Waals surface area (Å²) in [6, 6.07) is 14.4. The summed E-state index contributed by atoms with van der Waals surface area (Å²) in [5.74, 6) is 1.57. The van der Waals surface area contributed by atoms with Crippen molar-refractivity contribution in [3.05, 3.63) is 76.8 Å². The minimum absolute atomic E-state index is 0.0354. The summed E-state index contributed by atoms with van der Waals surface area (Å²) >= 11 is 0. The van der Waals surface area contributed by atoms with Gasteiger partial charge in [-0.25, -0.2) is 13.2 Å². The number of aryl methyl sites for hydroxylation is 1. The number of carbonyl (C=O) groups excluding carboxylic acids is 1. The van der Waals surface area contributed by atoms with Gasteiger partial charge in [0.05, 0.1) is 18.5 Å². The van der Waals surface area contributed by atoms with Gasteiger partial charge in [-0.15, -0.1) is 0 Å². The number of benzene rings is 2. The van der Waals surface area contributed by atoms with Gasteiger partial charge in [0, 0.05) is 60.9 Å². The number of hydrogen-bond donors (Lipinski definition) is 1. The van der Waals surface area contributed by atoms with Crippen LogP contribution >= 0.6 is 0 Å². The fourth-order valence-corrected chi connectivity index (χ4v) is 6.36. The second kappa shape index (κ2) is 14.2. The van der Waals surface area contributed by atoms with Crippen molar-refractivity contribution < 1.29 is 32.2 Å². The third-order valence-electron chi connectivity index (χ3n) is 7.89. The molecule has 3 heterocycles. The molecule has 4 aromatic rings. The monoisotopic (exact) mass is 665 g/mol. The highest BCUT2D eigenvalue weighted by molar-refractivity contribution is 7.90. The molecule has 0 unspecified atom stereocenters. The highest BCUT2D eigenvalue weighted by Gasteiger charge is 2.27. The molecule has 0 radical (unpaired) electrons. The minimum atomic E-state index is -3.28. The van der Waals surface area contributed by atoms with Crippen molar-refractivity contribution in [1.82, 2.24) is 14.5 Å². The van der Waals surface area contributed by atoms with Crippen LogP contribution < -0.4 is 15.0 Å². The smallest absolute Gasteiger partial charge is 0.410 e. The molecule has 1 aliphatic heterocycles. The van der Waals surface area contributed by atoms with Crippen molar-refractivity contribution in [1.29, 1.82) is 0 Å². The first-order chi connectivity index (χ1) is 22.3. The minimum Gasteiger partial charge on any atom is -0.491 e. The molecule has 0 bridgehead atoms. The molecular formula is C35H43N3O8S. The Bertz CT molecular complexity index is 1880. The van der Waals surface area contributed by atoms with Crippen molar-refractivity contribution in [2.75, 3.05) is 32.1 Å². The molecule has 2 aromatic heterocycles. The molecule has 2 aromatic carbocycles. The van der Waals surface area contributed by atoms with E-state index in [4.69, 9.17) is 18.9 Å². The maximum absolute atomic E-state index is 12.7. The van der Waals surface area contributed by atoms with Gasteiger partial charge in [-0.05, 0) is 69.5 Å². The van der Waals surface area contributed by atoms with Crippen LogP contribution in [-0.2, 0) is 32.1 Å². The van der Waals surface area contributed by atoms with Crippen LogP contribution in [0.2, 0.25) is 0 Å². The quantitative estimate of drug-likeness (QED) is 0.192. The summed E-state index contributed by atoms with van der Waals surface area (Å²) < 4.78 is 50.2. The third-order valence-corrected chi connectivity index (χ3v) is 9.54. The number of rotatable bonds is 11. The van der Waals surface area contributed by atoms with Crippen molar-refractivity contribution in [3.63, 3.8) is 0 Å². The van der Waals surface area contributed by atoms with Gasteiger partial charge >= 0.3 is 6.09 Å². The SMILES string of the molecule is CCS(=O)(=O)Cc1ccc(Oc2cccc(OCCOC3CCN(C(=O)OC(C)(C)C)CC3)c2)c(-c2cn(C)c(=O)c3[nH]ccc23)c1. The lowest BCUT2D eigenvalue weighted by atomic mass is 10.0. The topological polar surface area (TPSA) is 129 Å². The molecule has 0 atom stereocenters. The number of H-pyrrole nitrogens is 1. The Morgan fingerprint density at radius 2 is 1.74 bits per heavy atom. The number of carbonyl (C=O) groups is 1. The van der Waals surface area contributed by atoms with E-state index >= 15 is 0 Å². The zero-order valence-electron chi connectivity index (χ0n) is 27.6. The van der Waals surface area contributed by atoms with Crippen LogP contribution in [0.3, 0.4) is 0 Å². The maximum atomic E-state index is 12.7. The summed E-state index contributed by atoms with van der Waals surface area (Å²) in [6.07, 6.45) is 4.67. The number of nitrogens with one attached hydrogen (secondary N) is 1. The predicted molar refractivity (Wildman–Crippen MR) is 181 cm³/mol. The van der Waals surface area contributed by atoms with E-state index in [-0.39, 0.29) is 29.3 Å². The average molecular weight is 666 g/mol. The zero-order valence-corrected chi connectivity index (χ0v) is 28.4. The molecule has 12 heteroatoms. The van der Waals surface area contributed by atoms with Crippen LogP contribution in [0.25, 0.3) is 22.0 Å². The number of pyridine rings is 1. The van der Waals surface area contributed by atoms with E-state index in [1.54, 1.807) is 49.5 Å². The summed E-state index contributed by atoms with van der Waals surface area (Å²) in [6.45, 7) is 9.12. The Hall–Kier alpha value is -4.29. The number of amides is 1. The Kier molecular flexibility index (Phi) is 10.3. The molecule has 1 amide bonds. The predicted octanol–water partition coefficient (Wildman–Crippen LogP) is 6.06. The molecule has 252 valence electrons. The lowest BCUT2D eigenvalue weighted by molar-refractivity contribution is -0.0177. The van der Waals surface area contributed by atoms with Crippen molar-refractivity contribution in [3.8, 4) is 28.4 Å². The Morgan fingerprint density at radius 1 is 1.00 bits per heavy atom. The number of sulfone groups is 1. The zero-order chi connectivity index (χ0) is 33.8. The second-order valence-corrected chi connectivity index (χ2v) is 15.0. The highest BCUT2D eigenvalue weighted by atomic mass is 32.2. The number of nitrogens with zero attached hydrogens (tertiary/aromatic N) is 2. The van der Waals surface area contributed by atoms with Gasteiger partial charge < -0.3 is 33.4 Å². The van der Waals surface area contributed by atoms with E-state index in [2.05, 4.69) is 4.98 Å². The lowest BCUT2D eigenvalue weighted by Crippen LogP contribution is -2.43. The Morgan fingerprint density at radius 3 is 2.47 bits per heavy atom. The molecular weight excluding hydrogens is 622 g/mol. The number of fused-ring (bicyclic) bond motifs is 1. The second-order valence-electron chi connectivity index (χ2n) is 12.7. The van der Waals surface area contributed by atoms with Crippen LogP contribution in [0.15, 0.2) is 65.7 Å². The average Bonchev–Trinajstić information content (AvgIpc) is 3.52. The third kappa shape index (κ3) is 8.75. The fraction of sp³-hybridized carbons (Fsp3) is 0.429. The van der Waals surface area contributed by atoms with Gasteiger partial charge in [0.25, 0.3) is 5.56 Å². The van der Waals surface area contributed by atoms with Crippen molar-refractivity contribution in [2.24, 2.45) is 7.05 Å². The van der Waals surface area contributed by atoms with Gasteiger partial charge in [0.15, 0.2) is 9.84 Å². The molecule has 1 saturated heterocycles. The molecule has 11 nitrogen and oxygen atoms in total. The summed E-state index contributed by atoms with van der Waals surface area (Å²) in [5.41, 5.74) is 1.78. The van der Waals surface area contributed by atoms with Gasteiger partial charge in [0.1, 0.15) is 35.0 Å². The van der Waals surface area contributed by atoms with E-state index in [1.165, 1.54) is 4.57 Å². The standard InChI is InChI=1S/C35H43N3O8S/c1-6-47(41,42)23-24-10-11-31(29(20-24)30-22-37(5)33(39)32-28(30)12-15-36-32)45-27-9-7-8-26(21-27)44-19-18-43-25-13-16-38(17-14-25)34(40)46-35(2,3)4/h7-12,15,20-22,25,36H,6,13-14,16-19,23H2,1-5H3. The first-order valence-electron chi connectivity index (χ1n) is 15.8. The first-order valence-corrected chi connectivity index (χ1v) is 17.6. The molecule has 0 saturated carbocycles. The van der Waals surface area contributed by atoms with E-state index in [0.29, 0.717) is 65.6 Å². The van der Waals surface area contributed by atoms with E-state index < -0.39 is 15.4 Å². The molecule has 5 rings (SSSR count). The van der Waals surface area contributed by atoms with Gasteiger partial charge in [-0.2, -0.15) is 0 Å². The van der Waals surface area contributed by atoms with E-state index in [0.717, 1.165) is 18.4 Å². The Labute approximate surface area is 275 Å². The highest BCUT2D eigenvalue weighted by Crippen LogP contribution is 2.38. The van der Waals surface area contributed by atoms with Crippen molar-refractivity contribution in [2.45, 2.75) is 58.0 Å².